The Hall–Kier alpha value is -0.280. The Morgan fingerprint density at radius 2 is 1.86 bits per heavy atom. The summed E-state index contributed by atoms with van der Waals surface area (Å²) >= 11 is 11.7. The summed E-state index contributed by atoms with van der Waals surface area (Å²) < 4.78 is 0. The van der Waals surface area contributed by atoms with Gasteiger partial charge in [-0.3, -0.25) is 0 Å². The van der Waals surface area contributed by atoms with Gasteiger partial charge in [0.25, 0.3) is 0 Å². The third-order valence-corrected chi connectivity index (χ3v) is 2.74. The maximum atomic E-state index is 5.93. The molecule has 4 N–H and O–H groups in total. The van der Waals surface area contributed by atoms with Crippen molar-refractivity contribution in [1.82, 2.24) is 0 Å². The van der Waals surface area contributed by atoms with Crippen molar-refractivity contribution in [2.45, 2.75) is 25.4 Å². The van der Waals surface area contributed by atoms with E-state index < -0.39 is 0 Å². The Balaban J connectivity index is 2.80. The number of hydrogen-bond donors (Lipinski definition) is 2. The van der Waals surface area contributed by atoms with Crippen molar-refractivity contribution in [1.29, 1.82) is 0 Å². The average Bonchev–Trinajstić information content (AvgIpc) is 2.08. The summed E-state index contributed by atoms with van der Waals surface area (Å²) in [4.78, 5) is 0. The van der Waals surface area contributed by atoms with Gasteiger partial charge in [0.2, 0.25) is 0 Å². The molecule has 14 heavy (non-hydrogen) atoms. The first-order chi connectivity index (χ1) is 6.50. The van der Waals surface area contributed by atoms with Gasteiger partial charge in [0, 0.05) is 12.1 Å². The molecule has 2 atom stereocenters. The van der Waals surface area contributed by atoms with Gasteiger partial charge < -0.3 is 11.5 Å². The summed E-state index contributed by atoms with van der Waals surface area (Å²) in [5.41, 5.74) is 12.6. The highest BCUT2D eigenvalue weighted by Gasteiger charge is 2.09. The topological polar surface area (TPSA) is 52.0 Å². The summed E-state index contributed by atoms with van der Waals surface area (Å²) in [5.74, 6) is 0. The fourth-order valence-corrected chi connectivity index (χ4v) is 1.59. The van der Waals surface area contributed by atoms with Crippen molar-refractivity contribution < 1.29 is 0 Å². The molecule has 0 amide bonds. The van der Waals surface area contributed by atoms with Crippen molar-refractivity contribution in [2.24, 2.45) is 11.5 Å². The fraction of sp³-hybridized carbons (Fsp3) is 0.400. The molecular formula is C10H14Cl2N2. The van der Waals surface area contributed by atoms with Gasteiger partial charge in [-0.15, -0.1) is 0 Å². The predicted molar refractivity (Wildman–Crippen MR) is 61.7 cm³/mol. The van der Waals surface area contributed by atoms with Crippen LogP contribution in [0.4, 0.5) is 0 Å². The molecule has 0 aliphatic heterocycles. The molecule has 2 unspecified atom stereocenters. The van der Waals surface area contributed by atoms with E-state index in [9.17, 15) is 0 Å². The molecule has 0 aromatic heterocycles. The average molecular weight is 233 g/mol. The van der Waals surface area contributed by atoms with Gasteiger partial charge in [0.15, 0.2) is 0 Å². The Kier molecular flexibility index (Phi) is 4.20. The van der Waals surface area contributed by atoms with Gasteiger partial charge in [-0.25, -0.2) is 0 Å². The van der Waals surface area contributed by atoms with Crippen LogP contribution in [0.1, 0.15) is 24.9 Å². The molecule has 1 aromatic rings. The molecule has 0 aliphatic rings. The number of hydrogen-bond acceptors (Lipinski definition) is 2. The minimum atomic E-state index is -0.0789. The van der Waals surface area contributed by atoms with Crippen molar-refractivity contribution >= 4 is 23.2 Å². The van der Waals surface area contributed by atoms with E-state index in [0.29, 0.717) is 10.0 Å². The molecule has 78 valence electrons. The standard InChI is InChI=1S/C10H14Cl2N2/c1-6(13)4-10(14)7-2-3-8(11)9(12)5-7/h2-3,5-6,10H,4,13-14H2,1H3. The van der Waals surface area contributed by atoms with E-state index in [1.807, 2.05) is 13.0 Å². The molecule has 0 spiro atoms. The molecule has 0 heterocycles. The second-order valence-corrected chi connectivity index (χ2v) is 4.31. The highest BCUT2D eigenvalue weighted by Crippen LogP contribution is 2.26. The predicted octanol–water partition coefficient (Wildman–Crippen LogP) is 2.73. The zero-order chi connectivity index (χ0) is 10.7. The quantitative estimate of drug-likeness (QED) is 0.843. The van der Waals surface area contributed by atoms with Crippen LogP contribution in [-0.4, -0.2) is 6.04 Å². The molecule has 0 aliphatic carbocycles. The van der Waals surface area contributed by atoms with E-state index in [-0.39, 0.29) is 12.1 Å². The lowest BCUT2D eigenvalue weighted by atomic mass is 10.0. The zero-order valence-electron chi connectivity index (χ0n) is 8.00. The van der Waals surface area contributed by atoms with Crippen LogP contribution in [0.15, 0.2) is 18.2 Å². The van der Waals surface area contributed by atoms with E-state index in [2.05, 4.69) is 0 Å². The van der Waals surface area contributed by atoms with E-state index in [1.165, 1.54) is 0 Å². The van der Waals surface area contributed by atoms with Gasteiger partial charge in [-0.05, 0) is 31.0 Å². The van der Waals surface area contributed by atoms with Crippen LogP contribution in [-0.2, 0) is 0 Å². The van der Waals surface area contributed by atoms with Gasteiger partial charge in [-0.2, -0.15) is 0 Å². The molecule has 1 aromatic carbocycles. The maximum absolute atomic E-state index is 5.93. The van der Waals surface area contributed by atoms with Gasteiger partial charge in [0.1, 0.15) is 0 Å². The second kappa shape index (κ2) is 4.99. The minimum absolute atomic E-state index is 0.0789. The number of rotatable bonds is 3. The Labute approximate surface area is 94.2 Å². The normalized spacial score (nSPS) is 15.2. The van der Waals surface area contributed by atoms with E-state index in [4.69, 9.17) is 34.7 Å². The van der Waals surface area contributed by atoms with E-state index in [0.717, 1.165) is 12.0 Å². The van der Waals surface area contributed by atoms with Crippen LogP contribution in [0.2, 0.25) is 10.0 Å². The van der Waals surface area contributed by atoms with Crippen LogP contribution in [0.3, 0.4) is 0 Å². The van der Waals surface area contributed by atoms with Crippen LogP contribution in [0.5, 0.6) is 0 Å². The summed E-state index contributed by atoms with van der Waals surface area (Å²) in [7, 11) is 0. The monoisotopic (exact) mass is 232 g/mol. The number of benzene rings is 1. The van der Waals surface area contributed by atoms with Crippen LogP contribution < -0.4 is 11.5 Å². The molecule has 0 saturated heterocycles. The lowest BCUT2D eigenvalue weighted by molar-refractivity contribution is 0.568. The lowest BCUT2D eigenvalue weighted by Gasteiger charge is -2.14. The molecule has 0 fully saturated rings. The van der Waals surface area contributed by atoms with Crippen LogP contribution in [0, 0.1) is 0 Å². The fourth-order valence-electron chi connectivity index (χ4n) is 1.28. The smallest absolute Gasteiger partial charge is 0.0595 e. The largest absolute Gasteiger partial charge is 0.328 e. The van der Waals surface area contributed by atoms with Gasteiger partial charge in [-0.1, -0.05) is 29.3 Å². The summed E-state index contributed by atoms with van der Waals surface area (Å²) in [6.07, 6.45) is 0.734. The first-order valence-electron chi connectivity index (χ1n) is 4.47. The SMILES string of the molecule is CC(N)CC(N)c1ccc(Cl)c(Cl)c1. The third kappa shape index (κ3) is 3.14. The first-order valence-corrected chi connectivity index (χ1v) is 5.22. The summed E-state index contributed by atoms with van der Waals surface area (Å²) in [6, 6.07) is 5.42. The van der Waals surface area contributed by atoms with Crippen molar-refractivity contribution in [2.75, 3.05) is 0 Å². The maximum Gasteiger partial charge on any atom is 0.0595 e. The van der Waals surface area contributed by atoms with Crippen LogP contribution in [0.25, 0.3) is 0 Å². The summed E-state index contributed by atoms with van der Waals surface area (Å²) in [6.45, 7) is 1.93. The molecule has 4 heteroatoms. The van der Waals surface area contributed by atoms with Gasteiger partial charge in [0.05, 0.1) is 10.0 Å². The van der Waals surface area contributed by atoms with Gasteiger partial charge >= 0.3 is 0 Å². The van der Waals surface area contributed by atoms with Crippen molar-refractivity contribution in [3.05, 3.63) is 33.8 Å². The molecule has 1 rings (SSSR count). The molecular weight excluding hydrogens is 219 g/mol. The van der Waals surface area contributed by atoms with E-state index >= 15 is 0 Å². The molecule has 0 saturated carbocycles. The Morgan fingerprint density at radius 1 is 1.21 bits per heavy atom. The highest BCUT2D eigenvalue weighted by atomic mass is 35.5. The third-order valence-electron chi connectivity index (χ3n) is 2.00. The van der Waals surface area contributed by atoms with Crippen LogP contribution >= 0.6 is 23.2 Å². The second-order valence-electron chi connectivity index (χ2n) is 3.49. The molecule has 0 radical (unpaired) electrons. The number of halogens is 2. The lowest BCUT2D eigenvalue weighted by Crippen LogP contribution is -2.23. The van der Waals surface area contributed by atoms with E-state index in [1.54, 1.807) is 12.1 Å². The summed E-state index contributed by atoms with van der Waals surface area (Å²) in [5, 5.41) is 1.08. The van der Waals surface area contributed by atoms with Crippen molar-refractivity contribution in [3.8, 4) is 0 Å². The minimum Gasteiger partial charge on any atom is -0.328 e. The molecule has 0 bridgehead atoms. The Bertz CT molecular complexity index is 313. The molecule has 2 nitrogen and oxygen atoms in total. The Morgan fingerprint density at radius 3 is 2.36 bits per heavy atom. The zero-order valence-corrected chi connectivity index (χ0v) is 9.52. The van der Waals surface area contributed by atoms with Crippen molar-refractivity contribution in [3.63, 3.8) is 0 Å². The number of nitrogens with two attached hydrogens (primary N) is 2. The highest BCUT2D eigenvalue weighted by molar-refractivity contribution is 6.42. The first kappa shape index (κ1) is 11.8.